The van der Waals surface area contributed by atoms with Crippen LogP contribution in [0, 0.1) is 0 Å². The highest BCUT2D eigenvalue weighted by molar-refractivity contribution is 7.89. The van der Waals surface area contributed by atoms with Crippen LogP contribution in [-0.4, -0.2) is 26.4 Å². The highest BCUT2D eigenvalue weighted by Crippen LogP contribution is 2.22. The van der Waals surface area contributed by atoms with E-state index in [0.717, 1.165) is 11.3 Å². The molecule has 2 aromatic rings. The lowest BCUT2D eigenvalue weighted by atomic mass is 10.3. The van der Waals surface area contributed by atoms with Gasteiger partial charge in [0.1, 0.15) is 4.88 Å². The van der Waals surface area contributed by atoms with Gasteiger partial charge in [-0.15, -0.1) is 11.3 Å². The third-order valence-electron chi connectivity index (χ3n) is 2.88. The first-order chi connectivity index (χ1) is 11.2. The topological polar surface area (TPSA) is 116 Å². The van der Waals surface area contributed by atoms with Crippen LogP contribution in [0.3, 0.4) is 0 Å². The number of thiophene rings is 1. The second-order valence-electron chi connectivity index (χ2n) is 4.71. The fraction of sp³-hybridized carbons (Fsp3) is 0.143. The number of nitrogens with one attached hydrogen (secondary N) is 1. The van der Waals surface area contributed by atoms with Crippen LogP contribution in [0.5, 0.6) is 0 Å². The van der Waals surface area contributed by atoms with Gasteiger partial charge < -0.3 is 10.1 Å². The number of carbonyl (C=O) groups is 2. The largest absolute Gasteiger partial charge is 0.448 e. The smallest absolute Gasteiger partial charge is 0.349 e. The van der Waals surface area contributed by atoms with Crippen molar-refractivity contribution in [2.75, 3.05) is 5.32 Å². The van der Waals surface area contributed by atoms with Gasteiger partial charge >= 0.3 is 5.97 Å². The standard InChI is InChI=1S/C14H13ClN2O5S2/c1-8(22-14(19)11-6-7-12(15)23-11)13(18)17-9-2-4-10(5-3-9)24(16,20)21/h2-8H,1H3,(H,17,18)(H2,16,20,21). The normalized spacial score (nSPS) is 12.5. The van der Waals surface area contributed by atoms with Crippen LogP contribution in [0.2, 0.25) is 4.34 Å². The first-order valence-corrected chi connectivity index (χ1v) is 9.31. The number of hydrogen-bond donors (Lipinski definition) is 2. The molecule has 3 N–H and O–H groups in total. The molecule has 1 aromatic heterocycles. The Morgan fingerprint density at radius 1 is 1.21 bits per heavy atom. The third kappa shape index (κ3) is 4.78. The summed E-state index contributed by atoms with van der Waals surface area (Å²) in [5, 5.41) is 7.50. The van der Waals surface area contributed by atoms with Crippen molar-refractivity contribution < 1.29 is 22.7 Å². The molecule has 0 fully saturated rings. The molecule has 10 heteroatoms. The minimum Gasteiger partial charge on any atom is -0.448 e. The van der Waals surface area contributed by atoms with Crippen molar-refractivity contribution in [2.45, 2.75) is 17.9 Å². The number of carbonyl (C=O) groups excluding carboxylic acids is 2. The predicted octanol–water partition coefficient (Wildman–Crippen LogP) is 2.23. The first kappa shape index (κ1) is 18.4. The molecule has 0 aliphatic carbocycles. The number of halogens is 1. The minimum absolute atomic E-state index is 0.0745. The van der Waals surface area contributed by atoms with Gasteiger partial charge in [-0.05, 0) is 43.3 Å². The van der Waals surface area contributed by atoms with Crippen molar-refractivity contribution in [1.82, 2.24) is 0 Å². The molecule has 128 valence electrons. The van der Waals surface area contributed by atoms with E-state index in [1.54, 1.807) is 6.07 Å². The predicted molar refractivity (Wildman–Crippen MR) is 90.7 cm³/mol. The average molecular weight is 389 g/mol. The maximum Gasteiger partial charge on any atom is 0.349 e. The van der Waals surface area contributed by atoms with E-state index in [9.17, 15) is 18.0 Å². The second kappa shape index (κ2) is 7.31. The van der Waals surface area contributed by atoms with Crippen LogP contribution in [0.1, 0.15) is 16.6 Å². The van der Waals surface area contributed by atoms with Gasteiger partial charge in [-0.1, -0.05) is 11.6 Å². The monoisotopic (exact) mass is 388 g/mol. The van der Waals surface area contributed by atoms with E-state index in [-0.39, 0.29) is 9.77 Å². The van der Waals surface area contributed by atoms with E-state index in [2.05, 4.69) is 5.32 Å². The number of rotatable bonds is 5. The fourth-order valence-electron chi connectivity index (χ4n) is 1.67. The summed E-state index contributed by atoms with van der Waals surface area (Å²) in [6.45, 7) is 1.42. The molecule has 0 saturated heterocycles. The molecule has 1 atom stereocenters. The second-order valence-corrected chi connectivity index (χ2v) is 7.99. The molecule has 0 aliphatic rings. The van der Waals surface area contributed by atoms with E-state index in [0.29, 0.717) is 10.0 Å². The van der Waals surface area contributed by atoms with Gasteiger partial charge in [0, 0.05) is 5.69 Å². The van der Waals surface area contributed by atoms with Crippen molar-refractivity contribution >= 4 is 50.5 Å². The Balaban J connectivity index is 1.97. The molecule has 0 aliphatic heterocycles. The zero-order chi connectivity index (χ0) is 17.9. The lowest BCUT2D eigenvalue weighted by Crippen LogP contribution is -2.29. The lowest BCUT2D eigenvalue weighted by Gasteiger charge is -2.13. The number of ether oxygens (including phenoxy) is 1. The maximum atomic E-state index is 12.0. The number of amides is 1. The molecular weight excluding hydrogens is 376 g/mol. The van der Waals surface area contributed by atoms with E-state index < -0.39 is 28.0 Å². The van der Waals surface area contributed by atoms with Crippen LogP contribution in [-0.2, 0) is 19.6 Å². The molecule has 0 saturated carbocycles. The van der Waals surface area contributed by atoms with Crippen LogP contribution < -0.4 is 10.5 Å². The quantitative estimate of drug-likeness (QED) is 0.762. The van der Waals surface area contributed by atoms with Gasteiger partial charge in [-0.25, -0.2) is 18.4 Å². The summed E-state index contributed by atoms with van der Waals surface area (Å²) in [7, 11) is -3.80. The van der Waals surface area contributed by atoms with Crippen LogP contribution in [0.4, 0.5) is 5.69 Å². The number of primary sulfonamides is 1. The van der Waals surface area contributed by atoms with E-state index in [4.69, 9.17) is 21.5 Å². The average Bonchev–Trinajstić information content (AvgIpc) is 2.93. The molecule has 0 radical (unpaired) electrons. The van der Waals surface area contributed by atoms with Gasteiger partial charge in [-0.3, -0.25) is 4.79 Å². The minimum atomic E-state index is -3.80. The zero-order valence-electron chi connectivity index (χ0n) is 12.4. The molecule has 2 rings (SSSR count). The van der Waals surface area contributed by atoms with Crippen LogP contribution in [0.25, 0.3) is 0 Å². The van der Waals surface area contributed by atoms with Crippen LogP contribution in [0.15, 0.2) is 41.3 Å². The first-order valence-electron chi connectivity index (χ1n) is 6.57. The number of benzene rings is 1. The molecule has 24 heavy (non-hydrogen) atoms. The van der Waals surface area contributed by atoms with Crippen molar-refractivity contribution in [3.05, 3.63) is 45.6 Å². The number of nitrogens with two attached hydrogens (primary N) is 1. The Morgan fingerprint density at radius 3 is 2.33 bits per heavy atom. The van der Waals surface area contributed by atoms with Crippen molar-refractivity contribution in [1.29, 1.82) is 0 Å². The van der Waals surface area contributed by atoms with Gasteiger partial charge in [0.15, 0.2) is 6.10 Å². The Kier molecular flexibility index (Phi) is 5.60. The Labute approximate surface area is 147 Å². The number of anilines is 1. The summed E-state index contributed by atoms with van der Waals surface area (Å²) in [5.41, 5.74) is 0.342. The third-order valence-corrected chi connectivity index (χ3v) is 5.02. The summed E-state index contributed by atoms with van der Waals surface area (Å²) in [5.74, 6) is -1.21. The van der Waals surface area contributed by atoms with Crippen molar-refractivity contribution in [3.8, 4) is 0 Å². The van der Waals surface area contributed by atoms with E-state index in [1.165, 1.54) is 37.3 Å². The molecular formula is C14H13ClN2O5S2. The maximum absolute atomic E-state index is 12.0. The van der Waals surface area contributed by atoms with Crippen molar-refractivity contribution in [3.63, 3.8) is 0 Å². The summed E-state index contributed by atoms with van der Waals surface area (Å²) in [6.07, 6.45) is -1.05. The molecule has 1 heterocycles. The summed E-state index contributed by atoms with van der Waals surface area (Å²) < 4.78 is 27.8. The Hall–Kier alpha value is -1.94. The highest BCUT2D eigenvalue weighted by atomic mass is 35.5. The lowest BCUT2D eigenvalue weighted by molar-refractivity contribution is -0.123. The molecule has 7 nitrogen and oxygen atoms in total. The SMILES string of the molecule is CC(OC(=O)c1ccc(Cl)s1)C(=O)Nc1ccc(S(N)(=O)=O)cc1. The highest BCUT2D eigenvalue weighted by Gasteiger charge is 2.20. The molecule has 0 bridgehead atoms. The van der Waals surface area contributed by atoms with Gasteiger partial charge in [0.05, 0.1) is 9.23 Å². The van der Waals surface area contributed by atoms with Crippen LogP contribution >= 0.6 is 22.9 Å². The van der Waals surface area contributed by atoms with Gasteiger partial charge in [0.25, 0.3) is 5.91 Å². The molecule has 1 amide bonds. The molecule has 1 aromatic carbocycles. The number of sulfonamides is 1. The van der Waals surface area contributed by atoms with Gasteiger partial charge in [-0.2, -0.15) is 0 Å². The van der Waals surface area contributed by atoms with Gasteiger partial charge in [0.2, 0.25) is 10.0 Å². The fourth-order valence-corrected chi connectivity index (χ4v) is 3.11. The molecule has 0 spiro atoms. The summed E-state index contributed by atoms with van der Waals surface area (Å²) in [4.78, 5) is 24.1. The molecule has 1 unspecified atom stereocenters. The zero-order valence-corrected chi connectivity index (χ0v) is 14.7. The Bertz CT molecular complexity index is 862. The number of hydrogen-bond acceptors (Lipinski definition) is 6. The Morgan fingerprint density at radius 2 is 1.83 bits per heavy atom. The summed E-state index contributed by atoms with van der Waals surface area (Å²) in [6, 6.07) is 8.34. The van der Waals surface area contributed by atoms with E-state index in [1.807, 2.05) is 0 Å². The van der Waals surface area contributed by atoms with Crippen molar-refractivity contribution in [2.24, 2.45) is 5.14 Å². The van der Waals surface area contributed by atoms with E-state index >= 15 is 0 Å². The summed E-state index contributed by atoms with van der Waals surface area (Å²) >= 11 is 6.78. The number of esters is 1.